The van der Waals surface area contributed by atoms with E-state index in [1.807, 2.05) is 54.8 Å². The van der Waals surface area contributed by atoms with Gasteiger partial charge in [-0.3, -0.25) is 14.3 Å². The van der Waals surface area contributed by atoms with Gasteiger partial charge in [0.15, 0.2) is 10.3 Å². The van der Waals surface area contributed by atoms with Crippen LogP contribution in [0.25, 0.3) is 5.69 Å². The van der Waals surface area contributed by atoms with Gasteiger partial charge in [-0.1, -0.05) is 48.2 Å². The second-order valence-corrected chi connectivity index (χ2v) is 8.53. The average Bonchev–Trinajstić information content (AvgIpc) is 3.34. The standard InChI is InChI=1S/C22H21N5OS2/c1-15-9-7-8-12-20(15)26-16(2)24-25-22(26)30-14-18-13-29-21(23-18)27(17(3)28)19-10-5-4-6-11-19/h4-13H,14H2,1-3H3. The van der Waals surface area contributed by atoms with Gasteiger partial charge in [-0.25, -0.2) is 4.98 Å². The molecular formula is C22H21N5OS2. The van der Waals surface area contributed by atoms with Crippen molar-refractivity contribution in [2.45, 2.75) is 31.7 Å². The molecule has 0 saturated carbocycles. The van der Waals surface area contributed by atoms with Gasteiger partial charge in [0, 0.05) is 18.1 Å². The lowest BCUT2D eigenvalue weighted by Crippen LogP contribution is -2.22. The van der Waals surface area contributed by atoms with E-state index in [0.29, 0.717) is 10.9 Å². The van der Waals surface area contributed by atoms with Crippen molar-refractivity contribution in [2.75, 3.05) is 4.90 Å². The first-order valence-electron chi connectivity index (χ1n) is 9.45. The minimum absolute atomic E-state index is 0.0651. The molecule has 0 spiro atoms. The molecule has 8 heteroatoms. The average molecular weight is 436 g/mol. The van der Waals surface area contributed by atoms with Gasteiger partial charge >= 0.3 is 0 Å². The highest BCUT2D eigenvalue weighted by atomic mass is 32.2. The molecule has 0 aliphatic heterocycles. The lowest BCUT2D eigenvalue weighted by molar-refractivity contribution is -0.115. The summed E-state index contributed by atoms with van der Waals surface area (Å²) in [7, 11) is 0. The summed E-state index contributed by atoms with van der Waals surface area (Å²) in [6.07, 6.45) is 0. The van der Waals surface area contributed by atoms with Crippen molar-refractivity contribution in [1.82, 2.24) is 19.7 Å². The molecule has 0 saturated heterocycles. The third-order valence-corrected chi connectivity index (χ3v) is 6.40. The van der Waals surface area contributed by atoms with Crippen molar-refractivity contribution >= 4 is 39.8 Å². The van der Waals surface area contributed by atoms with Crippen molar-refractivity contribution < 1.29 is 4.79 Å². The van der Waals surface area contributed by atoms with E-state index < -0.39 is 0 Å². The number of para-hydroxylation sites is 2. The Bertz CT molecular complexity index is 1170. The van der Waals surface area contributed by atoms with Crippen LogP contribution >= 0.6 is 23.1 Å². The lowest BCUT2D eigenvalue weighted by atomic mass is 10.2. The van der Waals surface area contributed by atoms with Crippen molar-refractivity contribution in [3.8, 4) is 5.69 Å². The number of benzene rings is 2. The molecule has 0 atom stereocenters. The molecule has 6 nitrogen and oxygen atoms in total. The fraction of sp³-hybridized carbons (Fsp3) is 0.182. The van der Waals surface area contributed by atoms with Gasteiger partial charge in [0.2, 0.25) is 5.91 Å². The number of hydrogen-bond acceptors (Lipinski definition) is 6. The predicted octanol–water partition coefficient (Wildman–Crippen LogP) is 5.32. The topological polar surface area (TPSA) is 63.9 Å². The highest BCUT2D eigenvalue weighted by molar-refractivity contribution is 7.98. The number of thioether (sulfide) groups is 1. The third-order valence-electron chi connectivity index (χ3n) is 4.56. The molecule has 0 bridgehead atoms. The number of hydrogen-bond donors (Lipinski definition) is 0. The number of carbonyl (C=O) groups is 1. The molecule has 0 radical (unpaired) electrons. The zero-order valence-electron chi connectivity index (χ0n) is 16.9. The molecule has 0 aliphatic carbocycles. The summed E-state index contributed by atoms with van der Waals surface area (Å²) < 4.78 is 2.07. The maximum atomic E-state index is 12.2. The van der Waals surface area contributed by atoms with Crippen molar-refractivity contribution in [2.24, 2.45) is 0 Å². The molecule has 2 aromatic carbocycles. The van der Waals surface area contributed by atoms with Crippen LogP contribution in [-0.2, 0) is 10.5 Å². The number of amides is 1. The lowest BCUT2D eigenvalue weighted by Gasteiger charge is -2.17. The molecule has 2 aromatic heterocycles. The monoisotopic (exact) mass is 435 g/mol. The molecule has 1 amide bonds. The van der Waals surface area contributed by atoms with E-state index in [0.717, 1.165) is 33.6 Å². The van der Waals surface area contributed by atoms with Gasteiger partial charge < -0.3 is 0 Å². The second-order valence-electron chi connectivity index (χ2n) is 6.75. The normalized spacial score (nSPS) is 10.9. The number of aromatic nitrogens is 4. The first kappa shape index (κ1) is 20.3. The predicted molar refractivity (Wildman–Crippen MR) is 122 cm³/mol. The van der Waals surface area contributed by atoms with Crippen LogP contribution in [-0.4, -0.2) is 25.7 Å². The summed E-state index contributed by atoms with van der Waals surface area (Å²) in [6, 6.07) is 17.8. The zero-order chi connectivity index (χ0) is 21.1. The van der Waals surface area contributed by atoms with Crippen LogP contribution in [0.3, 0.4) is 0 Å². The summed E-state index contributed by atoms with van der Waals surface area (Å²) >= 11 is 3.05. The van der Waals surface area contributed by atoms with Crippen molar-refractivity contribution in [1.29, 1.82) is 0 Å². The number of rotatable bonds is 6. The molecule has 152 valence electrons. The Kier molecular flexibility index (Phi) is 5.96. The molecule has 4 rings (SSSR count). The summed E-state index contributed by atoms with van der Waals surface area (Å²) in [5.74, 6) is 1.42. The maximum absolute atomic E-state index is 12.2. The van der Waals surface area contributed by atoms with E-state index in [4.69, 9.17) is 4.98 Å². The Hall–Kier alpha value is -2.97. The van der Waals surface area contributed by atoms with Gasteiger partial charge in [0.25, 0.3) is 0 Å². The van der Waals surface area contributed by atoms with Gasteiger partial charge in [-0.15, -0.1) is 21.5 Å². The van der Waals surface area contributed by atoms with Crippen LogP contribution in [0.1, 0.15) is 24.0 Å². The van der Waals surface area contributed by atoms with Gasteiger partial charge in [0.1, 0.15) is 5.82 Å². The first-order chi connectivity index (χ1) is 14.5. The van der Waals surface area contributed by atoms with E-state index in [-0.39, 0.29) is 5.91 Å². The fourth-order valence-corrected chi connectivity index (χ4v) is 5.01. The summed E-state index contributed by atoms with van der Waals surface area (Å²) in [5, 5.41) is 12.1. The number of anilines is 2. The summed E-state index contributed by atoms with van der Waals surface area (Å²) in [5.41, 5.74) is 3.96. The Labute approximate surface area is 183 Å². The van der Waals surface area contributed by atoms with Crippen molar-refractivity contribution in [3.05, 3.63) is 77.1 Å². The Morgan fingerprint density at radius 1 is 1.07 bits per heavy atom. The molecule has 2 heterocycles. The highest BCUT2D eigenvalue weighted by Gasteiger charge is 2.19. The van der Waals surface area contributed by atoms with E-state index in [2.05, 4.69) is 33.8 Å². The fourth-order valence-electron chi connectivity index (χ4n) is 3.14. The SMILES string of the molecule is CC(=O)N(c1ccccc1)c1nc(CSc2nnc(C)n2-c2ccccc2C)cs1. The van der Waals surface area contributed by atoms with E-state index in [1.54, 1.807) is 23.6 Å². The zero-order valence-corrected chi connectivity index (χ0v) is 18.6. The van der Waals surface area contributed by atoms with Gasteiger partial charge in [-0.2, -0.15) is 0 Å². The summed E-state index contributed by atoms with van der Waals surface area (Å²) in [6.45, 7) is 5.58. The highest BCUT2D eigenvalue weighted by Crippen LogP contribution is 2.31. The van der Waals surface area contributed by atoms with E-state index >= 15 is 0 Å². The molecule has 0 fully saturated rings. The van der Waals surface area contributed by atoms with Crippen molar-refractivity contribution in [3.63, 3.8) is 0 Å². The maximum Gasteiger partial charge on any atom is 0.230 e. The second kappa shape index (κ2) is 8.81. The van der Waals surface area contributed by atoms with E-state index in [9.17, 15) is 4.79 Å². The minimum atomic E-state index is -0.0651. The number of carbonyl (C=O) groups excluding carboxylic acids is 1. The first-order valence-corrected chi connectivity index (χ1v) is 11.3. The van der Waals surface area contributed by atoms with Crippen LogP contribution in [0, 0.1) is 13.8 Å². The van der Waals surface area contributed by atoms with Gasteiger partial charge in [0.05, 0.1) is 17.1 Å². The number of aryl methyl sites for hydroxylation is 2. The Morgan fingerprint density at radius 3 is 2.53 bits per heavy atom. The van der Waals surface area contributed by atoms with E-state index in [1.165, 1.54) is 11.3 Å². The largest absolute Gasteiger partial charge is 0.274 e. The van der Waals surface area contributed by atoms with Crippen LogP contribution < -0.4 is 4.90 Å². The Morgan fingerprint density at radius 2 is 1.80 bits per heavy atom. The Balaban J connectivity index is 1.55. The summed E-state index contributed by atoms with van der Waals surface area (Å²) in [4.78, 5) is 18.6. The number of thiazole rings is 1. The molecule has 0 unspecified atom stereocenters. The molecule has 0 aliphatic rings. The van der Waals surface area contributed by atoms with Crippen LogP contribution in [0.15, 0.2) is 65.1 Å². The molecule has 0 N–H and O–H groups in total. The molecule has 30 heavy (non-hydrogen) atoms. The minimum Gasteiger partial charge on any atom is -0.274 e. The van der Waals surface area contributed by atoms with Crippen LogP contribution in [0.2, 0.25) is 0 Å². The van der Waals surface area contributed by atoms with Crippen LogP contribution in [0.5, 0.6) is 0 Å². The van der Waals surface area contributed by atoms with Gasteiger partial charge in [-0.05, 0) is 37.6 Å². The smallest absolute Gasteiger partial charge is 0.230 e. The molecular weight excluding hydrogens is 414 g/mol. The van der Waals surface area contributed by atoms with Crippen LogP contribution in [0.4, 0.5) is 10.8 Å². The third kappa shape index (κ3) is 4.15. The molecule has 4 aromatic rings. The quantitative estimate of drug-likeness (QED) is 0.384. The number of nitrogens with zero attached hydrogens (tertiary/aromatic N) is 5.